The Balaban J connectivity index is 1.62. The lowest BCUT2D eigenvalue weighted by atomic mass is 10.0. The highest BCUT2D eigenvalue weighted by Crippen LogP contribution is 2.33. The highest BCUT2D eigenvalue weighted by molar-refractivity contribution is 8.00. The number of carbonyl (C=O) groups excluding carboxylic acids is 3. The van der Waals surface area contributed by atoms with Crippen molar-refractivity contribution in [3.63, 3.8) is 0 Å². The number of carbonyl (C=O) groups is 3. The number of unbranched alkanes of at least 4 members (excludes halogenated alkanes) is 1. The van der Waals surface area contributed by atoms with E-state index in [0.717, 1.165) is 24.7 Å². The van der Waals surface area contributed by atoms with Crippen LogP contribution in [0.5, 0.6) is 0 Å². The van der Waals surface area contributed by atoms with Crippen molar-refractivity contribution in [1.29, 1.82) is 0 Å². The number of ether oxygens (including phenoxy) is 1. The van der Waals surface area contributed by atoms with Gasteiger partial charge in [-0.2, -0.15) is 11.8 Å². The van der Waals surface area contributed by atoms with E-state index in [9.17, 15) is 14.4 Å². The van der Waals surface area contributed by atoms with Crippen molar-refractivity contribution in [3.8, 4) is 0 Å². The molecule has 0 aliphatic carbocycles. The molecule has 7 heteroatoms. The van der Waals surface area contributed by atoms with Crippen molar-refractivity contribution >= 4 is 29.7 Å². The zero-order valence-corrected chi connectivity index (χ0v) is 11.9. The van der Waals surface area contributed by atoms with Crippen LogP contribution in [0, 0.1) is 0 Å². The van der Waals surface area contributed by atoms with Crippen LogP contribution >= 0.6 is 11.8 Å². The van der Waals surface area contributed by atoms with Crippen LogP contribution in [-0.2, 0) is 14.3 Å². The summed E-state index contributed by atoms with van der Waals surface area (Å²) in [6, 6.07) is 0.339. The van der Waals surface area contributed by atoms with Crippen LogP contribution in [0.4, 0.5) is 4.79 Å². The van der Waals surface area contributed by atoms with Crippen molar-refractivity contribution in [2.45, 2.75) is 43.0 Å². The second-order valence-electron chi connectivity index (χ2n) is 4.86. The van der Waals surface area contributed by atoms with Crippen LogP contribution in [-0.4, -0.2) is 41.1 Å². The third kappa shape index (κ3) is 3.75. The molecule has 2 heterocycles. The highest BCUT2D eigenvalue weighted by atomic mass is 32.2. The van der Waals surface area contributed by atoms with Crippen molar-refractivity contribution in [2.24, 2.45) is 0 Å². The third-order valence-electron chi connectivity index (χ3n) is 3.44. The van der Waals surface area contributed by atoms with Gasteiger partial charge < -0.3 is 15.4 Å². The van der Waals surface area contributed by atoms with E-state index in [-0.39, 0.29) is 24.5 Å². The SMILES string of the molecule is C=CC(=O)OC(=O)CCCC[C@@H]1SC[C@@H]2NC(=O)N[C@@H]21. The number of urea groups is 1. The Bertz CT molecular complexity index is 427. The number of rotatable bonds is 6. The van der Waals surface area contributed by atoms with Crippen LogP contribution in [0.15, 0.2) is 12.7 Å². The van der Waals surface area contributed by atoms with Crippen molar-refractivity contribution in [1.82, 2.24) is 10.6 Å². The van der Waals surface area contributed by atoms with E-state index in [0.29, 0.717) is 11.7 Å². The number of thioether (sulfide) groups is 1. The lowest BCUT2D eigenvalue weighted by molar-refractivity contribution is -0.156. The Hall–Kier alpha value is -1.50. The van der Waals surface area contributed by atoms with Crippen molar-refractivity contribution < 1.29 is 19.1 Å². The molecule has 6 nitrogen and oxygen atoms in total. The molecular weight excluding hydrogens is 280 g/mol. The molecule has 0 spiro atoms. The maximum absolute atomic E-state index is 11.3. The summed E-state index contributed by atoms with van der Waals surface area (Å²) < 4.78 is 4.49. The Kier molecular flexibility index (Phi) is 5.05. The van der Waals surface area contributed by atoms with Gasteiger partial charge in [0.25, 0.3) is 0 Å². The summed E-state index contributed by atoms with van der Waals surface area (Å²) in [6.07, 6.45) is 3.70. The fourth-order valence-corrected chi connectivity index (χ4v) is 4.01. The highest BCUT2D eigenvalue weighted by Gasteiger charge is 2.42. The van der Waals surface area contributed by atoms with Gasteiger partial charge in [0, 0.05) is 23.5 Å². The van der Waals surface area contributed by atoms with Crippen molar-refractivity contribution in [3.05, 3.63) is 12.7 Å². The summed E-state index contributed by atoms with van der Waals surface area (Å²) in [5, 5.41) is 6.21. The predicted molar refractivity (Wildman–Crippen MR) is 75.3 cm³/mol. The third-order valence-corrected chi connectivity index (χ3v) is 4.95. The van der Waals surface area contributed by atoms with Gasteiger partial charge in [-0.25, -0.2) is 9.59 Å². The van der Waals surface area contributed by atoms with E-state index >= 15 is 0 Å². The van der Waals surface area contributed by atoms with Crippen LogP contribution in [0.25, 0.3) is 0 Å². The minimum atomic E-state index is -0.705. The van der Waals surface area contributed by atoms with Crippen LogP contribution in [0.2, 0.25) is 0 Å². The molecule has 0 radical (unpaired) electrons. The maximum atomic E-state index is 11.3. The van der Waals surface area contributed by atoms with Gasteiger partial charge >= 0.3 is 18.0 Å². The van der Waals surface area contributed by atoms with E-state index in [4.69, 9.17) is 0 Å². The zero-order chi connectivity index (χ0) is 14.5. The minimum absolute atomic E-state index is 0.0863. The van der Waals surface area contributed by atoms with Gasteiger partial charge in [-0.3, -0.25) is 4.79 Å². The molecule has 0 unspecified atom stereocenters. The Morgan fingerprint density at radius 3 is 2.95 bits per heavy atom. The van der Waals surface area contributed by atoms with E-state index in [1.807, 2.05) is 11.8 Å². The van der Waals surface area contributed by atoms with Crippen LogP contribution in [0.3, 0.4) is 0 Å². The van der Waals surface area contributed by atoms with E-state index in [2.05, 4.69) is 21.9 Å². The lowest BCUT2D eigenvalue weighted by Gasteiger charge is -2.16. The van der Waals surface area contributed by atoms with Crippen LogP contribution in [0.1, 0.15) is 25.7 Å². The van der Waals surface area contributed by atoms with Gasteiger partial charge in [0.05, 0.1) is 12.1 Å². The normalized spacial score (nSPS) is 27.4. The van der Waals surface area contributed by atoms with Crippen LogP contribution < -0.4 is 10.6 Å². The van der Waals surface area contributed by atoms with E-state index < -0.39 is 11.9 Å². The molecule has 0 aromatic carbocycles. The molecule has 2 saturated heterocycles. The first kappa shape index (κ1) is 14.9. The summed E-state index contributed by atoms with van der Waals surface area (Å²) in [7, 11) is 0. The summed E-state index contributed by atoms with van der Waals surface area (Å²) in [5.74, 6) is -0.282. The van der Waals surface area contributed by atoms with E-state index in [1.165, 1.54) is 0 Å². The van der Waals surface area contributed by atoms with Gasteiger partial charge in [0.2, 0.25) is 0 Å². The average molecular weight is 298 g/mol. The quantitative estimate of drug-likeness (QED) is 0.251. The van der Waals surface area contributed by atoms with E-state index in [1.54, 1.807) is 0 Å². The van der Waals surface area contributed by atoms with Gasteiger partial charge in [-0.15, -0.1) is 0 Å². The molecule has 0 aromatic heterocycles. The Morgan fingerprint density at radius 2 is 2.20 bits per heavy atom. The second kappa shape index (κ2) is 6.78. The topological polar surface area (TPSA) is 84.5 Å². The number of fused-ring (bicyclic) bond motifs is 1. The maximum Gasteiger partial charge on any atom is 0.337 e. The molecule has 3 atom stereocenters. The summed E-state index contributed by atoms with van der Waals surface area (Å²) in [4.78, 5) is 33.3. The molecule has 0 bridgehead atoms. The number of hydrogen-bond donors (Lipinski definition) is 2. The summed E-state index contributed by atoms with van der Waals surface area (Å²) in [5.41, 5.74) is 0. The molecule has 0 aromatic rings. The second-order valence-corrected chi connectivity index (χ2v) is 6.14. The standard InChI is InChI=1S/C13H18N2O4S/c1-2-10(16)19-11(17)6-4-3-5-9-12-8(7-20-9)14-13(18)15-12/h2,8-9,12H,1,3-7H2,(H2,14,15,18)/t8-,9-,12-/m0/s1. The molecule has 2 aliphatic rings. The fraction of sp³-hybridized carbons (Fsp3) is 0.615. The number of nitrogens with one attached hydrogen (secondary N) is 2. The molecule has 2 N–H and O–H groups in total. The molecule has 2 rings (SSSR count). The number of amides is 2. The average Bonchev–Trinajstić information content (AvgIpc) is 2.94. The van der Waals surface area contributed by atoms with Crippen molar-refractivity contribution in [2.75, 3.05) is 5.75 Å². The molecule has 110 valence electrons. The first-order chi connectivity index (χ1) is 9.60. The summed E-state index contributed by atoms with van der Waals surface area (Å²) in [6.45, 7) is 3.23. The zero-order valence-electron chi connectivity index (χ0n) is 11.1. The molecule has 2 aliphatic heterocycles. The lowest BCUT2D eigenvalue weighted by Crippen LogP contribution is -2.36. The number of esters is 2. The minimum Gasteiger partial charge on any atom is -0.390 e. The predicted octanol–water partition coefficient (Wildman–Crippen LogP) is 0.968. The molecule has 2 fully saturated rings. The Labute approximate surface area is 121 Å². The van der Waals surface area contributed by atoms with Gasteiger partial charge in [0.15, 0.2) is 0 Å². The Morgan fingerprint density at radius 1 is 1.40 bits per heavy atom. The molecule has 0 saturated carbocycles. The first-order valence-electron chi connectivity index (χ1n) is 6.66. The van der Waals surface area contributed by atoms with Gasteiger partial charge in [-0.05, 0) is 12.8 Å². The molecule has 2 amide bonds. The molecular formula is C13H18N2O4S. The summed E-state index contributed by atoms with van der Waals surface area (Å²) >= 11 is 1.85. The van der Waals surface area contributed by atoms with Gasteiger partial charge in [0.1, 0.15) is 0 Å². The smallest absolute Gasteiger partial charge is 0.337 e. The molecule has 20 heavy (non-hydrogen) atoms. The fourth-order valence-electron chi connectivity index (χ4n) is 2.46. The first-order valence-corrected chi connectivity index (χ1v) is 7.70. The van der Waals surface area contributed by atoms with Gasteiger partial charge in [-0.1, -0.05) is 13.0 Å². The monoisotopic (exact) mass is 298 g/mol. The largest absolute Gasteiger partial charge is 0.390 e. The number of hydrogen-bond acceptors (Lipinski definition) is 5.